The number of benzene rings is 1. The van der Waals surface area contributed by atoms with E-state index in [1.165, 1.54) is 22.9 Å². The Balaban J connectivity index is 2.07. The van der Waals surface area contributed by atoms with E-state index in [2.05, 4.69) is 15.5 Å². The van der Waals surface area contributed by atoms with E-state index in [9.17, 15) is 17.6 Å². The number of nitrogen functional groups attached to an aromatic ring is 1. The number of aromatic nitrogens is 4. The van der Waals surface area contributed by atoms with E-state index in [1.54, 1.807) is 0 Å². The number of anilines is 1. The average Bonchev–Trinajstić information content (AvgIpc) is 2.85. The normalized spacial score (nSPS) is 11.8. The Bertz CT molecular complexity index is 608. The van der Waals surface area contributed by atoms with Crippen LogP contribution in [0.4, 0.5) is 23.2 Å². The quantitative estimate of drug-likeness (QED) is 0.524. The Labute approximate surface area is 117 Å². The van der Waals surface area contributed by atoms with Gasteiger partial charge in [-0.25, -0.2) is 9.07 Å². The van der Waals surface area contributed by atoms with Gasteiger partial charge in [0.25, 0.3) is 0 Å². The van der Waals surface area contributed by atoms with Crippen molar-refractivity contribution in [3.8, 4) is 11.4 Å². The summed E-state index contributed by atoms with van der Waals surface area (Å²) in [7, 11) is 0. The fourth-order valence-corrected chi connectivity index (χ4v) is 1.86. The molecule has 9 heteroatoms. The Morgan fingerprint density at radius 2 is 1.95 bits per heavy atom. The monoisotopic (exact) mass is 303 g/mol. The first kappa shape index (κ1) is 15.2. The van der Waals surface area contributed by atoms with E-state index in [-0.39, 0.29) is 25.2 Å². The maximum absolute atomic E-state index is 13.3. The molecule has 2 aromatic rings. The van der Waals surface area contributed by atoms with Crippen molar-refractivity contribution in [1.29, 1.82) is 0 Å². The van der Waals surface area contributed by atoms with Gasteiger partial charge in [-0.1, -0.05) is 0 Å². The smallest absolute Gasteiger partial charge is 0.389 e. The highest BCUT2D eigenvalue weighted by Gasteiger charge is 2.26. The van der Waals surface area contributed by atoms with Gasteiger partial charge in [-0.3, -0.25) is 0 Å². The Hall–Kier alpha value is -2.19. The van der Waals surface area contributed by atoms with Crippen LogP contribution in [0.3, 0.4) is 0 Å². The number of rotatable bonds is 5. The minimum absolute atomic E-state index is 0.0264. The molecule has 0 amide bonds. The van der Waals surface area contributed by atoms with Gasteiger partial charge in [0.2, 0.25) is 0 Å². The molecule has 1 heterocycles. The summed E-state index contributed by atoms with van der Waals surface area (Å²) in [5.74, 6) is -0.259. The predicted molar refractivity (Wildman–Crippen MR) is 67.5 cm³/mol. The molecule has 0 aliphatic rings. The standard InChI is InChI=1S/C12H13F4N5/c13-8-3-4-10(17)9(7-8)11-18-19-20-21(11)6-2-1-5-12(14,15)16/h3-4,7H,1-2,5-6,17H2. The van der Waals surface area contributed by atoms with E-state index >= 15 is 0 Å². The van der Waals surface area contributed by atoms with Crippen LogP contribution in [-0.2, 0) is 6.54 Å². The van der Waals surface area contributed by atoms with Crippen molar-refractivity contribution in [2.75, 3.05) is 5.73 Å². The van der Waals surface area contributed by atoms with Crippen molar-refractivity contribution in [1.82, 2.24) is 20.2 Å². The molecular weight excluding hydrogens is 290 g/mol. The van der Waals surface area contributed by atoms with Crippen LogP contribution in [0.1, 0.15) is 19.3 Å². The van der Waals surface area contributed by atoms with Gasteiger partial charge in [-0.05, 0) is 41.5 Å². The van der Waals surface area contributed by atoms with Gasteiger partial charge in [0.05, 0.1) is 0 Å². The number of alkyl halides is 3. The molecule has 0 aliphatic carbocycles. The number of hydrogen-bond donors (Lipinski definition) is 1. The topological polar surface area (TPSA) is 69.6 Å². The Kier molecular flexibility index (Phi) is 4.39. The second kappa shape index (κ2) is 6.06. The van der Waals surface area contributed by atoms with Crippen molar-refractivity contribution < 1.29 is 17.6 Å². The highest BCUT2D eigenvalue weighted by molar-refractivity contribution is 5.71. The van der Waals surface area contributed by atoms with Crippen molar-refractivity contribution >= 4 is 5.69 Å². The lowest BCUT2D eigenvalue weighted by molar-refractivity contribution is -0.135. The number of aryl methyl sites for hydroxylation is 1. The molecule has 5 nitrogen and oxygen atoms in total. The largest absolute Gasteiger partial charge is 0.398 e. The van der Waals surface area contributed by atoms with Gasteiger partial charge >= 0.3 is 6.18 Å². The summed E-state index contributed by atoms with van der Waals surface area (Å²) in [6.45, 7) is 0.203. The lowest BCUT2D eigenvalue weighted by atomic mass is 10.1. The minimum atomic E-state index is -4.17. The minimum Gasteiger partial charge on any atom is -0.398 e. The zero-order valence-electron chi connectivity index (χ0n) is 10.9. The second-order valence-electron chi connectivity index (χ2n) is 4.53. The molecule has 0 atom stereocenters. The van der Waals surface area contributed by atoms with Crippen molar-refractivity contribution in [3.63, 3.8) is 0 Å². The Morgan fingerprint density at radius 3 is 2.67 bits per heavy atom. The number of nitrogens with zero attached hydrogens (tertiary/aromatic N) is 4. The lowest BCUT2D eigenvalue weighted by Crippen LogP contribution is -2.09. The lowest BCUT2D eigenvalue weighted by Gasteiger charge is -2.08. The summed E-state index contributed by atoms with van der Waals surface area (Å²) in [6, 6.07) is 3.77. The molecule has 2 N–H and O–H groups in total. The molecule has 114 valence electrons. The van der Waals surface area contributed by atoms with Crippen LogP contribution in [0.15, 0.2) is 18.2 Å². The maximum Gasteiger partial charge on any atom is 0.389 e. The average molecular weight is 303 g/mol. The third kappa shape index (κ3) is 4.14. The fraction of sp³-hybridized carbons (Fsp3) is 0.417. The highest BCUT2D eigenvalue weighted by Crippen LogP contribution is 2.25. The number of nitrogens with two attached hydrogens (primary N) is 1. The number of unbranched alkanes of at least 4 members (excludes halogenated alkanes) is 1. The van der Waals surface area contributed by atoms with Crippen LogP contribution in [0.5, 0.6) is 0 Å². The molecule has 2 rings (SSSR count). The van der Waals surface area contributed by atoms with Crippen LogP contribution in [0.25, 0.3) is 11.4 Å². The summed E-state index contributed by atoms with van der Waals surface area (Å²) >= 11 is 0. The molecule has 0 unspecified atom stereocenters. The van der Waals surface area contributed by atoms with Gasteiger partial charge in [-0.2, -0.15) is 13.2 Å². The first-order valence-electron chi connectivity index (χ1n) is 6.25. The molecule has 0 fully saturated rings. The third-order valence-electron chi connectivity index (χ3n) is 2.87. The van der Waals surface area contributed by atoms with Crippen LogP contribution in [0, 0.1) is 5.82 Å². The molecule has 0 aliphatic heterocycles. The van der Waals surface area contributed by atoms with Gasteiger partial charge in [0.15, 0.2) is 5.82 Å². The number of tetrazole rings is 1. The zero-order chi connectivity index (χ0) is 15.5. The maximum atomic E-state index is 13.3. The first-order valence-corrected chi connectivity index (χ1v) is 6.25. The molecular formula is C12H13F4N5. The van der Waals surface area contributed by atoms with Crippen LogP contribution < -0.4 is 5.73 Å². The van der Waals surface area contributed by atoms with Gasteiger partial charge in [0, 0.05) is 24.2 Å². The molecule has 0 radical (unpaired) electrons. The van der Waals surface area contributed by atoms with E-state index in [0.717, 1.165) is 0 Å². The summed E-state index contributed by atoms with van der Waals surface area (Å²) in [5, 5.41) is 10.9. The van der Waals surface area contributed by atoms with Crippen LogP contribution in [-0.4, -0.2) is 26.4 Å². The van der Waals surface area contributed by atoms with Gasteiger partial charge in [-0.15, -0.1) is 5.10 Å². The molecule has 21 heavy (non-hydrogen) atoms. The van der Waals surface area contributed by atoms with Gasteiger partial charge < -0.3 is 5.73 Å². The first-order chi connectivity index (χ1) is 9.87. The van der Waals surface area contributed by atoms with E-state index in [0.29, 0.717) is 11.3 Å². The second-order valence-corrected chi connectivity index (χ2v) is 4.53. The molecule has 0 saturated carbocycles. The molecule has 0 spiro atoms. The Morgan fingerprint density at radius 1 is 1.19 bits per heavy atom. The highest BCUT2D eigenvalue weighted by atomic mass is 19.4. The molecule has 0 bridgehead atoms. The van der Waals surface area contributed by atoms with Gasteiger partial charge in [0.1, 0.15) is 5.82 Å². The third-order valence-corrected chi connectivity index (χ3v) is 2.87. The molecule has 1 aromatic carbocycles. The van der Waals surface area contributed by atoms with Crippen molar-refractivity contribution in [3.05, 3.63) is 24.0 Å². The van der Waals surface area contributed by atoms with E-state index in [4.69, 9.17) is 5.73 Å². The summed E-state index contributed by atoms with van der Waals surface area (Å²) < 4.78 is 50.7. The van der Waals surface area contributed by atoms with Crippen LogP contribution in [0.2, 0.25) is 0 Å². The van der Waals surface area contributed by atoms with Crippen molar-refractivity contribution in [2.45, 2.75) is 32.0 Å². The van der Waals surface area contributed by atoms with E-state index in [1.807, 2.05) is 0 Å². The number of hydrogen-bond acceptors (Lipinski definition) is 4. The van der Waals surface area contributed by atoms with Crippen LogP contribution >= 0.6 is 0 Å². The SMILES string of the molecule is Nc1ccc(F)cc1-c1nnnn1CCCCC(F)(F)F. The summed E-state index contributed by atoms with van der Waals surface area (Å²) in [5.41, 5.74) is 6.35. The summed E-state index contributed by atoms with van der Waals surface area (Å²) in [4.78, 5) is 0. The molecule has 0 saturated heterocycles. The fourth-order valence-electron chi connectivity index (χ4n) is 1.86. The zero-order valence-corrected chi connectivity index (χ0v) is 10.9. The van der Waals surface area contributed by atoms with E-state index < -0.39 is 18.4 Å². The number of halogens is 4. The summed E-state index contributed by atoms with van der Waals surface area (Å²) in [6.07, 6.45) is -4.79. The van der Waals surface area contributed by atoms with Crippen molar-refractivity contribution in [2.24, 2.45) is 0 Å². The predicted octanol–water partition coefficient (Wildman–Crippen LogP) is 2.79. The molecule has 1 aromatic heterocycles.